The molecule has 0 saturated carbocycles. The van der Waals surface area contributed by atoms with E-state index in [0.29, 0.717) is 5.92 Å². The monoisotopic (exact) mass is 228 g/mol. The molecule has 12 heavy (non-hydrogen) atoms. The number of nitrogens with two attached hydrogens (primary N) is 1. The predicted molar refractivity (Wildman–Crippen MR) is 53.7 cm³/mol. The van der Waals surface area contributed by atoms with Crippen LogP contribution in [0.25, 0.3) is 0 Å². The molecule has 0 aromatic carbocycles. The molecule has 0 saturated heterocycles. The van der Waals surface area contributed by atoms with E-state index in [1.54, 1.807) is 0 Å². The van der Waals surface area contributed by atoms with Gasteiger partial charge in [0.2, 0.25) is 0 Å². The lowest BCUT2D eigenvalue weighted by Gasteiger charge is -2.14. The van der Waals surface area contributed by atoms with Gasteiger partial charge in [0, 0.05) is 6.04 Å². The van der Waals surface area contributed by atoms with Crippen LogP contribution in [0.1, 0.15) is 25.6 Å². The van der Waals surface area contributed by atoms with Gasteiger partial charge in [-0.25, -0.2) is 4.98 Å². The highest BCUT2D eigenvalue weighted by molar-refractivity contribution is 9.10. The lowest BCUT2D eigenvalue weighted by Crippen LogP contribution is -2.17. The van der Waals surface area contributed by atoms with E-state index in [9.17, 15) is 0 Å². The first kappa shape index (κ1) is 9.68. The van der Waals surface area contributed by atoms with E-state index in [0.717, 1.165) is 10.3 Å². The van der Waals surface area contributed by atoms with Crippen LogP contribution >= 0.6 is 15.9 Å². The third kappa shape index (κ3) is 2.29. The Morgan fingerprint density at radius 3 is 2.58 bits per heavy atom. The van der Waals surface area contributed by atoms with E-state index in [1.807, 2.05) is 18.2 Å². The van der Waals surface area contributed by atoms with Gasteiger partial charge < -0.3 is 5.73 Å². The Morgan fingerprint density at radius 2 is 2.08 bits per heavy atom. The number of hydrogen-bond donors (Lipinski definition) is 1. The van der Waals surface area contributed by atoms with Crippen molar-refractivity contribution >= 4 is 15.9 Å². The number of rotatable bonds is 2. The summed E-state index contributed by atoms with van der Waals surface area (Å²) in [6, 6.07) is 5.84. The second-order valence-corrected chi connectivity index (χ2v) is 3.97. The maximum Gasteiger partial charge on any atom is 0.106 e. The van der Waals surface area contributed by atoms with Crippen molar-refractivity contribution in [2.45, 2.75) is 19.9 Å². The molecule has 1 heterocycles. The normalized spacial score (nSPS) is 13.4. The largest absolute Gasteiger partial charge is 0.322 e. The molecule has 2 nitrogen and oxygen atoms in total. The second-order valence-electron chi connectivity index (χ2n) is 3.15. The van der Waals surface area contributed by atoms with Gasteiger partial charge >= 0.3 is 0 Å². The quantitative estimate of drug-likeness (QED) is 0.791. The first-order valence-electron chi connectivity index (χ1n) is 3.99. The van der Waals surface area contributed by atoms with Crippen molar-refractivity contribution in [1.29, 1.82) is 0 Å². The molecule has 0 aliphatic rings. The standard InChI is InChI=1S/C9H13BrN2/c1-6(2)9(11)7-4-3-5-8(10)12-7/h3-6,9H,11H2,1-2H3/t9-/m1/s1. The van der Waals surface area contributed by atoms with Crippen LogP contribution in [-0.4, -0.2) is 4.98 Å². The fourth-order valence-electron chi connectivity index (χ4n) is 0.951. The predicted octanol–water partition coefficient (Wildman–Crippen LogP) is 2.50. The number of hydrogen-bond acceptors (Lipinski definition) is 2. The van der Waals surface area contributed by atoms with Gasteiger partial charge in [-0.15, -0.1) is 0 Å². The highest BCUT2D eigenvalue weighted by Crippen LogP contribution is 2.18. The Hall–Kier alpha value is -0.410. The molecule has 0 unspecified atom stereocenters. The van der Waals surface area contributed by atoms with Crippen molar-refractivity contribution in [1.82, 2.24) is 4.98 Å². The van der Waals surface area contributed by atoms with E-state index in [2.05, 4.69) is 34.8 Å². The molecule has 0 amide bonds. The summed E-state index contributed by atoms with van der Waals surface area (Å²) in [5, 5.41) is 0. The molecule has 1 aromatic heterocycles. The summed E-state index contributed by atoms with van der Waals surface area (Å²) in [7, 11) is 0. The topological polar surface area (TPSA) is 38.9 Å². The van der Waals surface area contributed by atoms with Gasteiger partial charge in [0.1, 0.15) is 4.60 Å². The molecule has 0 fully saturated rings. The fourth-order valence-corrected chi connectivity index (χ4v) is 1.31. The first-order chi connectivity index (χ1) is 5.61. The van der Waals surface area contributed by atoms with Crippen molar-refractivity contribution in [2.75, 3.05) is 0 Å². The molecule has 0 radical (unpaired) electrons. The van der Waals surface area contributed by atoms with Crippen molar-refractivity contribution in [3.63, 3.8) is 0 Å². The average Bonchev–Trinajstić information content (AvgIpc) is 2.03. The summed E-state index contributed by atoms with van der Waals surface area (Å²) in [5.74, 6) is 0.423. The number of nitrogens with zero attached hydrogens (tertiary/aromatic N) is 1. The third-order valence-corrected chi connectivity index (χ3v) is 2.24. The van der Waals surface area contributed by atoms with E-state index < -0.39 is 0 Å². The summed E-state index contributed by atoms with van der Waals surface area (Å²) in [6.07, 6.45) is 0. The molecule has 1 aromatic rings. The van der Waals surface area contributed by atoms with Crippen molar-refractivity contribution in [3.05, 3.63) is 28.5 Å². The van der Waals surface area contributed by atoms with E-state index in [4.69, 9.17) is 5.73 Å². The minimum atomic E-state index is 0.0301. The Kier molecular flexibility index (Phi) is 3.23. The Bertz CT molecular complexity index is 260. The zero-order valence-corrected chi connectivity index (χ0v) is 8.88. The smallest absolute Gasteiger partial charge is 0.106 e. The summed E-state index contributed by atoms with van der Waals surface area (Å²) in [5.41, 5.74) is 6.87. The van der Waals surface area contributed by atoms with Gasteiger partial charge in [-0.2, -0.15) is 0 Å². The average molecular weight is 229 g/mol. The highest BCUT2D eigenvalue weighted by Gasteiger charge is 2.11. The van der Waals surface area contributed by atoms with Crippen molar-refractivity contribution < 1.29 is 0 Å². The van der Waals surface area contributed by atoms with Crippen LogP contribution in [-0.2, 0) is 0 Å². The molecule has 2 N–H and O–H groups in total. The van der Waals surface area contributed by atoms with E-state index in [-0.39, 0.29) is 6.04 Å². The molecule has 0 bridgehead atoms. The van der Waals surface area contributed by atoms with Crippen LogP contribution in [0.3, 0.4) is 0 Å². The van der Waals surface area contributed by atoms with Gasteiger partial charge in [-0.3, -0.25) is 0 Å². The molecule has 1 rings (SSSR count). The third-order valence-electron chi connectivity index (χ3n) is 1.80. The Labute approximate surface area is 81.3 Å². The van der Waals surface area contributed by atoms with E-state index in [1.165, 1.54) is 0 Å². The highest BCUT2D eigenvalue weighted by atomic mass is 79.9. The fraction of sp³-hybridized carbons (Fsp3) is 0.444. The number of aromatic nitrogens is 1. The van der Waals surface area contributed by atoms with Crippen LogP contribution in [0.5, 0.6) is 0 Å². The Morgan fingerprint density at radius 1 is 1.42 bits per heavy atom. The van der Waals surface area contributed by atoms with Crippen molar-refractivity contribution in [3.8, 4) is 0 Å². The van der Waals surface area contributed by atoms with Gasteiger partial charge in [0.15, 0.2) is 0 Å². The molecule has 66 valence electrons. The Balaban J connectivity index is 2.88. The lowest BCUT2D eigenvalue weighted by atomic mass is 10.0. The maximum atomic E-state index is 5.92. The van der Waals surface area contributed by atoms with Crippen LogP contribution in [0, 0.1) is 5.92 Å². The molecule has 0 aliphatic heterocycles. The molecule has 3 heteroatoms. The number of pyridine rings is 1. The van der Waals surface area contributed by atoms with Crippen LogP contribution in [0.2, 0.25) is 0 Å². The molecule has 0 aliphatic carbocycles. The van der Waals surface area contributed by atoms with Crippen LogP contribution < -0.4 is 5.73 Å². The lowest BCUT2D eigenvalue weighted by molar-refractivity contribution is 0.502. The number of halogens is 1. The van der Waals surface area contributed by atoms with Crippen molar-refractivity contribution in [2.24, 2.45) is 11.7 Å². The SMILES string of the molecule is CC(C)[C@@H](N)c1cccc(Br)n1. The van der Waals surface area contributed by atoms with Crippen LogP contribution in [0.15, 0.2) is 22.8 Å². The van der Waals surface area contributed by atoms with Gasteiger partial charge in [0.05, 0.1) is 5.69 Å². The minimum Gasteiger partial charge on any atom is -0.322 e. The summed E-state index contributed by atoms with van der Waals surface area (Å²) in [4.78, 5) is 4.29. The minimum absolute atomic E-state index is 0.0301. The zero-order valence-electron chi connectivity index (χ0n) is 7.29. The van der Waals surface area contributed by atoms with Gasteiger partial charge in [-0.05, 0) is 34.0 Å². The summed E-state index contributed by atoms with van der Waals surface area (Å²) < 4.78 is 0.844. The first-order valence-corrected chi connectivity index (χ1v) is 4.78. The molecular formula is C9H13BrN2. The van der Waals surface area contributed by atoms with E-state index >= 15 is 0 Å². The summed E-state index contributed by atoms with van der Waals surface area (Å²) in [6.45, 7) is 4.18. The maximum absolute atomic E-state index is 5.92. The molecule has 0 spiro atoms. The second kappa shape index (κ2) is 4.01. The molecular weight excluding hydrogens is 216 g/mol. The van der Waals surface area contributed by atoms with Crippen LogP contribution in [0.4, 0.5) is 0 Å². The summed E-state index contributed by atoms with van der Waals surface area (Å²) >= 11 is 3.31. The van der Waals surface area contributed by atoms with Gasteiger partial charge in [-0.1, -0.05) is 19.9 Å². The zero-order chi connectivity index (χ0) is 9.14. The molecule has 1 atom stereocenters. The van der Waals surface area contributed by atoms with Gasteiger partial charge in [0.25, 0.3) is 0 Å².